The van der Waals surface area contributed by atoms with Gasteiger partial charge in [-0.25, -0.2) is 4.79 Å². The number of fused-ring (bicyclic) bond motifs is 1. The first-order valence-corrected chi connectivity index (χ1v) is 15.9. The second kappa shape index (κ2) is 15.7. The minimum Gasteiger partial charge on any atom is -0.507 e. The summed E-state index contributed by atoms with van der Waals surface area (Å²) in [6, 6.07) is 9.62. The number of phenols is 1. The number of H-pyrrole nitrogens is 1. The standard InChI is InChI=1S/C37H49N3O4/c1-7-8-9-12-27-22-32(41)36(30-21-26(4)15-16-29(30)25(2)3)34(23-27)43-20-11-18-38-37(42)44-33-14-10-13-31-35(33)28(24-39-31)17-19-40(5)6/h10-11,13-14,18,21-24,29-30,39,41H,2,7-9,12,15-17,19-20H2,1,3-6H3,(H,38,42)/b18-11+/t29-,30+/m0/s1. The number of likely N-dealkylation sites (N-methyl/N-ethyl adjacent to an activating group) is 1. The third kappa shape index (κ3) is 8.56. The van der Waals surface area contributed by atoms with Gasteiger partial charge >= 0.3 is 6.09 Å². The highest BCUT2D eigenvalue weighted by molar-refractivity contribution is 5.91. The van der Waals surface area contributed by atoms with Gasteiger partial charge in [-0.3, -0.25) is 5.32 Å². The Hall–Kier alpha value is -3.97. The number of phenolic OH excluding ortho intramolecular Hbond substituents is 1. The number of aromatic hydroxyl groups is 1. The Labute approximate surface area is 262 Å². The summed E-state index contributed by atoms with van der Waals surface area (Å²) >= 11 is 0. The number of aromatic nitrogens is 1. The van der Waals surface area contributed by atoms with Crippen LogP contribution in [0.2, 0.25) is 0 Å². The number of aromatic amines is 1. The van der Waals surface area contributed by atoms with Crippen LogP contribution in [0.25, 0.3) is 10.9 Å². The highest BCUT2D eigenvalue weighted by Gasteiger charge is 2.30. The van der Waals surface area contributed by atoms with Gasteiger partial charge in [0.05, 0.1) is 0 Å². The molecule has 0 spiro atoms. The van der Waals surface area contributed by atoms with E-state index in [0.29, 0.717) is 11.5 Å². The van der Waals surface area contributed by atoms with Gasteiger partial charge in [-0.1, -0.05) is 49.6 Å². The average molecular weight is 600 g/mol. The van der Waals surface area contributed by atoms with Crippen molar-refractivity contribution in [1.29, 1.82) is 0 Å². The van der Waals surface area contributed by atoms with Gasteiger partial charge in [0.2, 0.25) is 0 Å². The van der Waals surface area contributed by atoms with Crippen molar-refractivity contribution >= 4 is 17.0 Å². The highest BCUT2D eigenvalue weighted by atomic mass is 16.6. The summed E-state index contributed by atoms with van der Waals surface area (Å²) in [6.45, 7) is 11.8. The maximum absolute atomic E-state index is 12.7. The summed E-state index contributed by atoms with van der Waals surface area (Å²) in [4.78, 5) is 18.1. The minimum atomic E-state index is -0.572. The van der Waals surface area contributed by atoms with E-state index in [-0.39, 0.29) is 24.2 Å². The molecular formula is C37H49N3O4. The van der Waals surface area contributed by atoms with Gasteiger partial charge in [0.1, 0.15) is 23.9 Å². The monoisotopic (exact) mass is 599 g/mol. The molecule has 0 saturated carbocycles. The summed E-state index contributed by atoms with van der Waals surface area (Å²) in [7, 11) is 4.08. The number of amides is 1. The number of hydrogen-bond acceptors (Lipinski definition) is 5. The van der Waals surface area contributed by atoms with Crippen molar-refractivity contribution in [3.8, 4) is 17.2 Å². The molecule has 1 aromatic heterocycles. The van der Waals surface area contributed by atoms with Gasteiger partial charge in [-0.15, -0.1) is 0 Å². The molecule has 1 aliphatic carbocycles. The van der Waals surface area contributed by atoms with E-state index in [9.17, 15) is 9.90 Å². The zero-order valence-corrected chi connectivity index (χ0v) is 27.0. The summed E-state index contributed by atoms with van der Waals surface area (Å²) in [5.74, 6) is 1.69. The number of carbonyl (C=O) groups excluding carboxylic acids is 1. The van der Waals surface area contributed by atoms with Crippen LogP contribution < -0.4 is 14.8 Å². The molecule has 44 heavy (non-hydrogen) atoms. The molecule has 1 heterocycles. The normalized spacial score (nSPS) is 16.8. The van der Waals surface area contributed by atoms with Crippen LogP contribution in [0.1, 0.15) is 75.5 Å². The largest absolute Gasteiger partial charge is 0.507 e. The predicted molar refractivity (Wildman–Crippen MR) is 180 cm³/mol. The van der Waals surface area contributed by atoms with Crippen molar-refractivity contribution in [1.82, 2.24) is 15.2 Å². The van der Waals surface area contributed by atoms with Crippen molar-refractivity contribution in [2.24, 2.45) is 5.92 Å². The Kier molecular flexibility index (Phi) is 11.7. The third-order valence-corrected chi connectivity index (χ3v) is 8.40. The van der Waals surface area contributed by atoms with Crippen LogP contribution >= 0.6 is 0 Å². The second-order valence-corrected chi connectivity index (χ2v) is 12.3. The number of hydrogen-bond donors (Lipinski definition) is 3. The van der Waals surface area contributed by atoms with Gasteiger partial charge < -0.3 is 24.5 Å². The molecular weight excluding hydrogens is 550 g/mol. The van der Waals surface area contributed by atoms with Gasteiger partial charge in [0.25, 0.3) is 0 Å². The van der Waals surface area contributed by atoms with Crippen LogP contribution in [0.3, 0.4) is 0 Å². The van der Waals surface area contributed by atoms with E-state index in [1.807, 2.05) is 44.6 Å². The number of nitrogens with one attached hydrogen (secondary N) is 2. The molecule has 2 atom stereocenters. The molecule has 7 nitrogen and oxygen atoms in total. The van der Waals surface area contributed by atoms with Gasteiger partial charge in [-0.05, 0) is 107 Å². The Bertz CT molecular complexity index is 1500. The van der Waals surface area contributed by atoms with Crippen LogP contribution in [-0.2, 0) is 12.8 Å². The molecule has 0 unspecified atom stereocenters. The first kappa shape index (κ1) is 32.9. The van der Waals surface area contributed by atoms with Gasteiger partial charge in [0, 0.05) is 41.3 Å². The molecule has 0 aliphatic heterocycles. The number of allylic oxidation sites excluding steroid dienone is 3. The number of nitrogens with zero attached hydrogens (tertiary/aromatic N) is 1. The molecule has 1 amide bonds. The number of aryl methyl sites for hydroxylation is 1. The number of benzene rings is 2. The van der Waals surface area contributed by atoms with Crippen molar-refractivity contribution in [3.63, 3.8) is 0 Å². The van der Waals surface area contributed by atoms with E-state index in [0.717, 1.165) is 84.7 Å². The molecule has 0 bridgehead atoms. The van der Waals surface area contributed by atoms with Crippen LogP contribution in [0.15, 0.2) is 72.6 Å². The molecule has 1 aliphatic rings. The van der Waals surface area contributed by atoms with Crippen molar-refractivity contribution in [2.45, 2.75) is 71.6 Å². The average Bonchev–Trinajstić information content (AvgIpc) is 3.40. The topological polar surface area (TPSA) is 86.8 Å². The van der Waals surface area contributed by atoms with Gasteiger partial charge in [0.15, 0.2) is 0 Å². The fraction of sp³-hybridized carbons (Fsp3) is 0.432. The maximum atomic E-state index is 12.7. The first-order valence-electron chi connectivity index (χ1n) is 15.9. The first-order chi connectivity index (χ1) is 21.2. The Morgan fingerprint density at radius 3 is 2.77 bits per heavy atom. The zero-order valence-electron chi connectivity index (χ0n) is 27.0. The van der Waals surface area contributed by atoms with E-state index < -0.39 is 6.09 Å². The van der Waals surface area contributed by atoms with Crippen LogP contribution in [0, 0.1) is 5.92 Å². The SMILES string of the molecule is C=C(C)[C@@H]1CCC(C)=C[C@H]1c1c(O)cc(CCCCC)cc1OC/C=C/NC(=O)Oc1cccc2[nH]cc(CCN(C)C)c12. The summed E-state index contributed by atoms with van der Waals surface area (Å²) in [6.07, 6.45) is 14.0. The minimum absolute atomic E-state index is 0.00298. The number of carbonyl (C=O) groups is 1. The van der Waals surface area contributed by atoms with Crippen molar-refractivity contribution in [3.05, 3.63) is 89.3 Å². The second-order valence-electron chi connectivity index (χ2n) is 12.3. The molecule has 3 N–H and O–H groups in total. The number of unbranched alkanes of at least 4 members (excludes halogenated alkanes) is 2. The quantitative estimate of drug-likeness (QED) is 0.128. The lowest BCUT2D eigenvalue weighted by atomic mass is 9.73. The third-order valence-electron chi connectivity index (χ3n) is 8.40. The Balaban J connectivity index is 1.46. The van der Waals surface area contributed by atoms with Gasteiger partial charge in [-0.2, -0.15) is 0 Å². The smallest absolute Gasteiger partial charge is 0.416 e. The predicted octanol–water partition coefficient (Wildman–Crippen LogP) is 8.41. The molecule has 236 valence electrons. The van der Waals surface area contributed by atoms with Crippen molar-refractivity contribution in [2.75, 3.05) is 27.2 Å². The Morgan fingerprint density at radius 2 is 2.02 bits per heavy atom. The fourth-order valence-electron chi connectivity index (χ4n) is 6.04. The lowest BCUT2D eigenvalue weighted by Crippen LogP contribution is -2.22. The van der Waals surface area contributed by atoms with E-state index >= 15 is 0 Å². The van der Waals surface area contributed by atoms with E-state index in [2.05, 4.69) is 54.7 Å². The lowest BCUT2D eigenvalue weighted by Gasteiger charge is -2.32. The number of ether oxygens (including phenoxy) is 2. The zero-order chi connectivity index (χ0) is 31.6. The molecule has 0 fully saturated rings. The summed E-state index contributed by atoms with van der Waals surface area (Å²) < 4.78 is 12.0. The molecule has 2 aromatic carbocycles. The molecule has 3 aromatic rings. The highest BCUT2D eigenvalue weighted by Crippen LogP contribution is 2.47. The van der Waals surface area contributed by atoms with E-state index in [4.69, 9.17) is 9.47 Å². The van der Waals surface area contributed by atoms with Crippen LogP contribution in [0.5, 0.6) is 17.2 Å². The molecule has 7 heteroatoms. The van der Waals surface area contributed by atoms with Crippen LogP contribution in [-0.4, -0.2) is 48.3 Å². The van der Waals surface area contributed by atoms with Crippen LogP contribution in [0.4, 0.5) is 4.79 Å². The molecule has 4 rings (SSSR count). The molecule has 0 saturated heterocycles. The fourth-order valence-corrected chi connectivity index (χ4v) is 6.04. The summed E-state index contributed by atoms with van der Waals surface area (Å²) in [5, 5.41) is 14.9. The maximum Gasteiger partial charge on any atom is 0.416 e. The van der Waals surface area contributed by atoms with E-state index in [1.54, 1.807) is 12.3 Å². The Morgan fingerprint density at radius 1 is 1.20 bits per heavy atom. The lowest BCUT2D eigenvalue weighted by molar-refractivity contribution is 0.205. The number of rotatable bonds is 14. The van der Waals surface area contributed by atoms with E-state index in [1.165, 1.54) is 5.57 Å². The van der Waals surface area contributed by atoms with Crippen molar-refractivity contribution < 1.29 is 19.4 Å². The summed E-state index contributed by atoms with van der Waals surface area (Å²) in [5.41, 5.74) is 6.33. The molecule has 0 radical (unpaired) electrons.